The van der Waals surface area contributed by atoms with Gasteiger partial charge in [-0.2, -0.15) is 4.31 Å². The Bertz CT molecular complexity index is 1080. The van der Waals surface area contributed by atoms with E-state index < -0.39 is 10.0 Å². The maximum absolute atomic E-state index is 12.6. The van der Waals surface area contributed by atoms with Gasteiger partial charge >= 0.3 is 0 Å². The third kappa shape index (κ3) is 3.64. The van der Waals surface area contributed by atoms with Gasteiger partial charge in [0.1, 0.15) is 5.69 Å². The highest BCUT2D eigenvalue weighted by molar-refractivity contribution is 7.89. The van der Waals surface area contributed by atoms with E-state index in [-0.39, 0.29) is 16.8 Å². The summed E-state index contributed by atoms with van der Waals surface area (Å²) in [5.74, 6) is -0.237. The predicted octanol–water partition coefficient (Wildman–Crippen LogP) is 1.21. The average molecular weight is 399 g/mol. The third-order valence-electron chi connectivity index (χ3n) is 4.87. The summed E-state index contributed by atoms with van der Waals surface area (Å²) in [4.78, 5) is 19.7. The summed E-state index contributed by atoms with van der Waals surface area (Å²) in [7, 11) is -3.52. The maximum Gasteiger partial charge on any atom is 0.267 e. The molecule has 3 heterocycles. The summed E-state index contributed by atoms with van der Waals surface area (Å²) in [6.45, 7) is 1.09. The van der Waals surface area contributed by atoms with E-state index in [0.717, 1.165) is 16.5 Å². The second-order valence-electron chi connectivity index (χ2n) is 6.88. The van der Waals surface area contributed by atoms with E-state index in [9.17, 15) is 13.2 Å². The fraction of sp³-hybridized carbons (Fsp3) is 0.263. The summed E-state index contributed by atoms with van der Waals surface area (Å²) in [6.07, 6.45) is 4.02. The normalized spacial score (nSPS) is 17.8. The Morgan fingerprint density at radius 2 is 2.07 bits per heavy atom. The van der Waals surface area contributed by atoms with Crippen molar-refractivity contribution >= 4 is 26.8 Å². The van der Waals surface area contributed by atoms with Gasteiger partial charge in [-0.05, 0) is 36.2 Å². The van der Waals surface area contributed by atoms with Crippen molar-refractivity contribution in [3.05, 3.63) is 60.0 Å². The molecular formula is C19H21N5O3S. The van der Waals surface area contributed by atoms with Crippen LogP contribution in [-0.4, -0.2) is 47.7 Å². The summed E-state index contributed by atoms with van der Waals surface area (Å²) in [5, 5.41) is 3.69. The van der Waals surface area contributed by atoms with Gasteiger partial charge in [0.2, 0.25) is 10.0 Å². The highest BCUT2D eigenvalue weighted by Crippen LogP contribution is 2.21. The number of aromatic amines is 1. The molecular weight excluding hydrogens is 378 g/mol. The van der Waals surface area contributed by atoms with E-state index >= 15 is 0 Å². The number of nitrogens with two attached hydrogens (primary N) is 1. The van der Waals surface area contributed by atoms with Crippen molar-refractivity contribution in [2.75, 3.05) is 13.1 Å². The maximum atomic E-state index is 12.6. The van der Waals surface area contributed by atoms with Crippen molar-refractivity contribution in [1.82, 2.24) is 19.6 Å². The smallest absolute Gasteiger partial charge is 0.267 e. The lowest BCUT2D eigenvalue weighted by atomic mass is 10.2. The van der Waals surface area contributed by atoms with Gasteiger partial charge in [0.15, 0.2) is 0 Å². The van der Waals surface area contributed by atoms with Gasteiger partial charge < -0.3 is 16.0 Å². The summed E-state index contributed by atoms with van der Waals surface area (Å²) in [6, 6.07) is 9.98. The van der Waals surface area contributed by atoms with E-state index in [1.807, 2.05) is 0 Å². The van der Waals surface area contributed by atoms with Crippen LogP contribution in [0.1, 0.15) is 22.5 Å². The number of hydrogen-bond donors (Lipinski definition) is 3. The molecule has 8 nitrogen and oxygen atoms in total. The van der Waals surface area contributed by atoms with Crippen LogP contribution in [0.4, 0.5) is 0 Å². The van der Waals surface area contributed by atoms with Crippen LogP contribution in [0.15, 0.2) is 53.7 Å². The van der Waals surface area contributed by atoms with Gasteiger partial charge in [-0.3, -0.25) is 9.78 Å². The SMILES string of the molecule is NC1CCN(S(=O)(=O)c2ccc(CNC(=O)c3cc4cnccc4[nH]3)cc2)C1. The Kier molecular flexibility index (Phi) is 4.88. The first-order valence-electron chi connectivity index (χ1n) is 8.99. The molecule has 3 aromatic rings. The summed E-state index contributed by atoms with van der Waals surface area (Å²) in [5.41, 5.74) is 7.92. The number of hydrogen-bond acceptors (Lipinski definition) is 5. The molecule has 2 aromatic heterocycles. The molecule has 4 N–H and O–H groups in total. The van der Waals surface area contributed by atoms with Crippen LogP contribution in [-0.2, 0) is 16.6 Å². The number of pyridine rings is 1. The molecule has 0 radical (unpaired) electrons. The Labute approximate surface area is 162 Å². The first-order valence-corrected chi connectivity index (χ1v) is 10.4. The monoisotopic (exact) mass is 399 g/mol. The molecule has 1 atom stereocenters. The Hall–Kier alpha value is -2.75. The molecule has 146 valence electrons. The largest absolute Gasteiger partial charge is 0.350 e. The van der Waals surface area contributed by atoms with E-state index in [1.54, 1.807) is 48.8 Å². The molecule has 1 fully saturated rings. The van der Waals surface area contributed by atoms with Crippen molar-refractivity contribution in [2.24, 2.45) is 5.73 Å². The second kappa shape index (κ2) is 7.34. The summed E-state index contributed by atoms with van der Waals surface area (Å²) < 4.78 is 26.7. The number of H-pyrrole nitrogens is 1. The van der Waals surface area contributed by atoms with E-state index in [4.69, 9.17) is 5.73 Å². The van der Waals surface area contributed by atoms with Crippen LogP contribution in [0, 0.1) is 0 Å². The van der Waals surface area contributed by atoms with Crippen molar-refractivity contribution < 1.29 is 13.2 Å². The number of carbonyl (C=O) groups is 1. The lowest BCUT2D eigenvalue weighted by Crippen LogP contribution is -2.32. The van der Waals surface area contributed by atoms with Crippen LogP contribution in [0.2, 0.25) is 0 Å². The lowest BCUT2D eigenvalue weighted by Gasteiger charge is -2.16. The van der Waals surface area contributed by atoms with Crippen molar-refractivity contribution in [3.8, 4) is 0 Å². The minimum atomic E-state index is -3.52. The molecule has 0 saturated carbocycles. The molecule has 9 heteroatoms. The number of fused-ring (bicyclic) bond motifs is 1. The highest BCUT2D eigenvalue weighted by atomic mass is 32.2. The standard InChI is InChI=1S/C19H21N5O3S/c20-15-6-8-24(12-15)28(26,27)16-3-1-13(2-4-16)10-22-19(25)18-9-14-11-21-7-5-17(14)23-18/h1-5,7,9,11,15,23H,6,8,10,12,20H2,(H,22,25). The Balaban J connectivity index is 1.41. The zero-order valence-corrected chi connectivity index (χ0v) is 15.9. The number of amides is 1. The molecule has 1 amide bonds. The third-order valence-corrected chi connectivity index (χ3v) is 6.75. The lowest BCUT2D eigenvalue weighted by molar-refractivity contribution is 0.0946. The van der Waals surface area contributed by atoms with Crippen LogP contribution >= 0.6 is 0 Å². The van der Waals surface area contributed by atoms with Gasteiger partial charge in [0.25, 0.3) is 5.91 Å². The predicted molar refractivity (Wildman–Crippen MR) is 105 cm³/mol. The molecule has 0 bridgehead atoms. The van der Waals surface area contributed by atoms with Crippen LogP contribution in [0.3, 0.4) is 0 Å². The van der Waals surface area contributed by atoms with Crippen LogP contribution in [0.5, 0.6) is 0 Å². The molecule has 0 spiro atoms. The average Bonchev–Trinajstić information content (AvgIpc) is 3.33. The topological polar surface area (TPSA) is 121 Å². The zero-order valence-electron chi connectivity index (χ0n) is 15.1. The van der Waals surface area contributed by atoms with E-state index in [2.05, 4.69) is 15.3 Å². The fourth-order valence-electron chi connectivity index (χ4n) is 3.27. The number of aromatic nitrogens is 2. The Morgan fingerprint density at radius 1 is 1.29 bits per heavy atom. The molecule has 4 rings (SSSR count). The number of rotatable bonds is 5. The number of carbonyl (C=O) groups excluding carboxylic acids is 1. The second-order valence-corrected chi connectivity index (χ2v) is 8.82. The molecule has 0 aliphatic carbocycles. The van der Waals surface area contributed by atoms with Crippen molar-refractivity contribution in [2.45, 2.75) is 23.9 Å². The van der Waals surface area contributed by atoms with Gasteiger partial charge in [-0.1, -0.05) is 12.1 Å². The van der Waals surface area contributed by atoms with Crippen molar-refractivity contribution in [3.63, 3.8) is 0 Å². The highest BCUT2D eigenvalue weighted by Gasteiger charge is 2.30. The van der Waals surface area contributed by atoms with Crippen molar-refractivity contribution in [1.29, 1.82) is 0 Å². The van der Waals surface area contributed by atoms with Gasteiger partial charge in [-0.25, -0.2) is 8.42 Å². The molecule has 1 aliphatic heterocycles. The van der Waals surface area contributed by atoms with E-state index in [1.165, 1.54) is 4.31 Å². The number of nitrogens with one attached hydrogen (secondary N) is 2. The molecule has 1 aliphatic rings. The zero-order chi connectivity index (χ0) is 19.7. The Morgan fingerprint density at radius 3 is 2.75 bits per heavy atom. The molecule has 28 heavy (non-hydrogen) atoms. The van der Waals surface area contributed by atoms with Gasteiger partial charge in [0.05, 0.1) is 4.90 Å². The van der Waals surface area contributed by atoms with Crippen LogP contribution < -0.4 is 11.1 Å². The van der Waals surface area contributed by atoms with Gasteiger partial charge in [-0.15, -0.1) is 0 Å². The minimum absolute atomic E-state index is 0.107. The van der Waals surface area contributed by atoms with E-state index in [0.29, 0.717) is 31.7 Å². The number of sulfonamides is 1. The molecule has 1 aromatic carbocycles. The fourth-order valence-corrected chi connectivity index (χ4v) is 4.78. The van der Waals surface area contributed by atoms with Crippen LogP contribution in [0.25, 0.3) is 10.9 Å². The molecule has 1 unspecified atom stereocenters. The molecule has 1 saturated heterocycles. The number of nitrogens with zero attached hydrogens (tertiary/aromatic N) is 2. The minimum Gasteiger partial charge on any atom is -0.350 e. The summed E-state index contributed by atoms with van der Waals surface area (Å²) >= 11 is 0. The number of benzene rings is 1. The quantitative estimate of drug-likeness (QED) is 0.595. The van der Waals surface area contributed by atoms with Gasteiger partial charge in [0, 0.05) is 49.0 Å². The first kappa shape index (κ1) is 18.6. The first-order chi connectivity index (χ1) is 13.4.